The molecule has 1 fully saturated rings. The second kappa shape index (κ2) is 12.6. The van der Waals surface area contributed by atoms with E-state index in [0.29, 0.717) is 17.5 Å². The number of H-pyrrole nitrogens is 1. The minimum Gasteiger partial charge on any atom is -0.497 e. The van der Waals surface area contributed by atoms with Gasteiger partial charge in [0.2, 0.25) is 0 Å². The smallest absolute Gasteiger partial charge is 0.140 e. The largest absolute Gasteiger partial charge is 0.497 e. The molecule has 39 heavy (non-hydrogen) atoms. The molecule has 1 aliphatic rings. The average molecular weight is 546 g/mol. The fourth-order valence-corrected chi connectivity index (χ4v) is 5.42. The zero-order chi connectivity index (χ0) is 27.2. The predicted molar refractivity (Wildman–Crippen MR) is 158 cm³/mol. The monoisotopic (exact) mass is 545 g/mol. The van der Waals surface area contributed by atoms with Crippen LogP contribution in [0.1, 0.15) is 25.7 Å². The molecule has 3 aromatic carbocycles. The van der Waals surface area contributed by atoms with Gasteiger partial charge in [-0.25, -0.2) is 4.98 Å². The lowest BCUT2D eigenvalue weighted by Crippen LogP contribution is -2.30. The highest BCUT2D eigenvalue weighted by molar-refractivity contribution is 6.33. The van der Waals surface area contributed by atoms with Gasteiger partial charge in [0, 0.05) is 16.7 Å². The van der Waals surface area contributed by atoms with E-state index in [9.17, 15) is 0 Å². The predicted octanol–water partition coefficient (Wildman–Crippen LogP) is 7.58. The van der Waals surface area contributed by atoms with Gasteiger partial charge in [0.15, 0.2) is 0 Å². The number of hydrogen-bond acceptors (Lipinski definition) is 5. The fraction of sp³-hybridized carbons (Fsp3) is 0.344. The summed E-state index contributed by atoms with van der Waals surface area (Å²) in [6.45, 7) is 3.10. The summed E-state index contributed by atoms with van der Waals surface area (Å²) in [5.74, 6) is 3.82. The van der Waals surface area contributed by atoms with E-state index in [2.05, 4.69) is 16.9 Å². The SMILES string of the molecule is COc1cccc(-c2nc(-c3ccc(OCCCC4CCN(C)CC4)cc3Cl)[nH]c2-c2cccc(OC)c2)c1. The molecule has 1 saturated heterocycles. The number of nitrogens with zero attached hydrogens (tertiary/aromatic N) is 2. The molecule has 0 saturated carbocycles. The van der Waals surface area contributed by atoms with Crippen molar-refractivity contribution in [1.29, 1.82) is 0 Å². The first-order chi connectivity index (χ1) is 19.0. The van der Waals surface area contributed by atoms with Crippen molar-refractivity contribution in [2.45, 2.75) is 25.7 Å². The van der Waals surface area contributed by atoms with Gasteiger partial charge in [-0.05, 0) is 94.2 Å². The fourth-order valence-electron chi connectivity index (χ4n) is 5.16. The van der Waals surface area contributed by atoms with Crippen LogP contribution >= 0.6 is 11.6 Å². The summed E-state index contributed by atoms with van der Waals surface area (Å²) in [5, 5.41) is 0.589. The summed E-state index contributed by atoms with van der Waals surface area (Å²) in [6.07, 6.45) is 4.84. The number of nitrogens with one attached hydrogen (secondary N) is 1. The van der Waals surface area contributed by atoms with Crippen molar-refractivity contribution in [3.8, 4) is 51.2 Å². The summed E-state index contributed by atoms with van der Waals surface area (Å²) in [5.41, 5.74) is 4.40. The molecule has 0 amide bonds. The Labute approximate surface area is 235 Å². The molecule has 0 unspecified atom stereocenters. The van der Waals surface area contributed by atoms with Crippen LogP contribution in [-0.4, -0.2) is 55.8 Å². The van der Waals surface area contributed by atoms with Gasteiger partial charge in [0.25, 0.3) is 0 Å². The Kier molecular flexibility index (Phi) is 8.74. The topological polar surface area (TPSA) is 59.6 Å². The Morgan fingerprint density at radius 2 is 1.59 bits per heavy atom. The quantitative estimate of drug-likeness (QED) is 0.208. The molecule has 0 spiro atoms. The van der Waals surface area contributed by atoms with E-state index < -0.39 is 0 Å². The average Bonchev–Trinajstić information content (AvgIpc) is 3.42. The molecule has 1 N–H and O–H groups in total. The van der Waals surface area contributed by atoms with E-state index in [1.54, 1.807) is 14.2 Å². The van der Waals surface area contributed by atoms with E-state index in [0.717, 1.165) is 57.7 Å². The number of likely N-dealkylation sites (tertiary alicyclic amines) is 1. The van der Waals surface area contributed by atoms with Crippen molar-refractivity contribution >= 4 is 11.6 Å². The number of rotatable bonds is 10. The third-order valence-electron chi connectivity index (χ3n) is 7.46. The zero-order valence-electron chi connectivity index (χ0n) is 22.9. The van der Waals surface area contributed by atoms with Crippen LogP contribution in [0.15, 0.2) is 66.7 Å². The Morgan fingerprint density at radius 1 is 0.897 bits per heavy atom. The van der Waals surface area contributed by atoms with Crippen LogP contribution in [0.5, 0.6) is 17.2 Å². The van der Waals surface area contributed by atoms with Crippen LogP contribution in [0.25, 0.3) is 33.9 Å². The molecule has 5 rings (SSSR count). The van der Waals surface area contributed by atoms with Crippen molar-refractivity contribution in [3.63, 3.8) is 0 Å². The molecule has 0 aliphatic carbocycles. The summed E-state index contributed by atoms with van der Waals surface area (Å²) >= 11 is 6.78. The summed E-state index contributed by atoms with van der Waals surface area (Å²) in [6, 6.07) is 21.6. The van der Waals surface area contributed by atoms with Crippen molar-refractivity contribution in [1.82, 2.24) is 14.9 Å². The molecule has 1 aliphatic heterocycles. The molecule has 0 atom stereocenters. The summed E-state index contributed by atoms with van der Waals surface area (Å²) < 4.78 is 17.0. The standard InChI is InChI=1S/C32H36ClN3O3/c1-36-16-14-22(15-17-36)7-6-18-39-27-12-13-28(29(33)21-27)32-34-30(23-8-4-10-25(19-23)37-2)31(35-32)24-9-5-11-26(20-24)38-3/h4-5,8-13,19-22H,6-7,14-18H2,1-3H3,(H,34,35). The molecule has 2 heterocycles. The van der Waals surface area contributed by atoms with Gasteiger partial charge in [-0.3, -0.25) is 0 Å². The second-order valence-electron chi connectivity index (χ2n) is 10.2. The summed E-state index contributed by atoms with van der Waals surface area (Å²) in [4.78, 5) is 10.9. The lowest BCUT2D eigenvalue weighted by Gasteiger charge is -2.28. The number of imidazole rings is 1. The number of piperidine rings is 1. The first-order valence-electron chi connectivity index (χ1n) is 13.5. The van der Waals surface area contributed by atoms with E-state index in [4.69, 9.17) is 30.8 Å². The molecular formula is C32H36ClN3O3. The summed E-state index contributed by atoms with van der Waals surface area (Å²) in [7, 11) is 5.53. The number of methoxy groups -OCH3 is 2. The van der Waals surface area contributed by atoms with Gasteiger partial charge in [-0.2, -0.15) is 0 Å². The highest BCUT2D eigenvalue weighted by Crippen LogP contribution is 2.38. The van der Waals surface area contributed by atoms with Gasteiger partial charge in [-0.15, -0.1) is 0 Å². The van der Waals surface area contributed by atoms with Crippen molar-refractivity contribution < 1.29 is 14.2 Å². The molecule has 0 bridgehead atoms. The molecule has 4 aromatic rings. The van der Waals surface area contributed by atoms with Crippen LogP contribution in [0.4, 0.5) is 0 Å². The first-order valence-corrected chi connectivity index (χ1v) is 13.9. The van der Waals surface area contributed by atoms with Gasteiger partial charge in [-0.1, -0.05) is 35.9 Å². The number of halogens is 1. The molecule has 6 nitrogen and oxygen atoms in total. The third kappa shape index (κ3) is 6.57. The third-order valence-corrected chi connectivity index (χ3v) is 7.78. The van der Waals surface area contributed by atoms with Gasteiger partial charge in [0.1, 0.15) is 23.1 Å². The van der Waals surface area contributed by atoms with Crippen LogP contribution in [0.3, 0.4) is 0 Å². The maximum atomic E-state index is 6.78. The maximum Gasteiger partial charge on any atom is 0.140 e. The second-order valence-corrected chi connectivity index (χ2v) is 10.6. The molecule has 0 radical (unpaired) electrons. The van der Waals surface area contributed by atoms with Gasteiger partial charge in [0.05, 0.1) is 37.2 Å². The van der Waals surface area contributed by atoms with E-state index in [1.807, 2.05) is 66.7 Å². The van der Waals surface area contributed by atoms with E-state index >= 15 is 0 Å². The normalized spacial score (nSPS) is 14.4. The van der Waals surface area contributed by atoms with Crippen LogP contribution in [0.2, 0.25) is 5.02 Å². The number of aromatic amines is 1. The van der Waals surface area contributed by atoms with Crippen LogP contribution < -0.4 is 14.2 Å². The van der Waals surface area contributed by atoms with Gasteiger partial charge < -0.3 is 24.1 Å². The Balaban J connectivity index is 1.36. The molecular weight excluding hydrogens is 510 g/mol. The lowest BCUT2D eigenvalue weighted by molar-refractivity contribution is 0.200. The molecule has 1 aromatic heterocycles. The Morgan fingerprint density at radius 3 is 2.28 bits per heavy atom. The van der Waals surface area contributed by atoms with Gasteiger partial charge >= 0.3 is 0 Å². The van der Waals surface area contributed by atoms with Crippen molar-refractivity contribution in [3.05, 3.63) is 71.8 Å². The zero-order valence-corrected chi connectivity index (χ0v) is 23.6. The highest BCUT2D eigenvalue weighted by atomic mass is 35.5. The minimum atomic E-state index is 0.589. The maximum absolute atomic E-state index is 6.78. The van der Waals surface area contributed by atoms with Crippen LogP contribution in [0, 0.1) is 5.92 Å². The number of benzene rings is 3. The number of hydrogen-bond donors (Lipinski definition) is 1. The highest BCUT2D eigenvalue weighted by Gasteiger charge is 2.19. The Hall–Kier alpha value is -3.48. The van der Waals surface area contributed by atoms with E-state index in [-0.39, 0.29) is 0 Å². The van der Waals surface area contributed by atoms with Crippen molar-refractivity contribution in [2.24, 2.45) is 5.92 Å². The lowest BCUT2D eigenvalue weighted by atomic mass is 9.93. The molecule has 7 heteroatoms. The van der Waals surface area contributed by atoms with Crippen LogP contribution in [-0.2, 0) is 0 Å². The number of aromatic nitrogens is 2. The van der Waals surface area contributed by atoms with Crippen molar-refractivity contribution in [2.75, 3.05) is 41.0 Å². The Bertz CT molecular complexity index is 1330. The number of ether oxygens (including phenoxy) is 3. The molecule has 204 valence electrons. The first kappa shape index (κ1) is 27.1. The minimum absolute atomic E-state index is 0.589. The van der Waals surface area contributed by atoms with E-state index in [1.165, 1.54) is 32.4 Å².